The lowest BCUT2D eigenvalue weighted by atomic mass is 10.3. The predicted octanol–water partition coefficient (Wildman–Crippen LogP) is 2.97. The van der Waals surface area contributed by atoms with Crippen LogP contribution in [0.3, 0.4) is 0 Å². The zero-order chi connectivity index (χ0) is 9.02. The highest BCUT2D eigenvalue weighted by molar-refractivity contribution is 7.80. The van der Waals surface area contributed by atoms with Gasteiger partial charge >= 0.3 is 0 Å². The lowest BCUT2D eigenvalue weighted by Crippen LogP contribution is -2.32. The molecule has 0 aromatic carbocycles. The lowest BCUT2D eigenvalue weighted by Gasteiger charge is -2.28. The van der Waals surface area contributed by atoms with Gasteiger partial charge in [0.1, 0.15) is 0 Å². The first kappa shape index (κ1) is 10.6. The van der Waals surface area contributed by atoms with Gasteiger partial charge in [-0.25, -0.2) is 0 Å². The van der Waals surface area contributed by atoms with E-state index in [9.17, 15) is 0 Å². The monoisotopic (exact) mass is 171 g/mol. The van der Waals surface area contributed by atoms with Gasteiger partial charge in [0.15, 0.2) is 0 Å². The summed E-state index contributed by atoms with van der Waals surface area (Å²) in [6, 6.07) is 0.462. The fourth-order valence-electron chi connectivity index (χ4n) is 1.16. The van der Waals surface area contributed by atoms with Crippen LogP contribution in [0.5, 0.6) is 0 Å². The number of thiocarbonyl (C=S) groups is 1. The van der Waals surface area contributed by atoms with Gasteiger partial charge in [-0.3, -0.25) is 0 Å². The van der Waals surface area contributed by atoms with E-state index in [2.05, 4.69) is 31.7 Å². The molecule has 2 heteroatoms. The Labute approximate surface area is 75.1 Å². The van der Waals surface area contributed by atoms with Gasteiger partial charge in [0.25, 0.3) is 0 Å². The van der Waals surface area contributed by atoms with Gasteiger partial charge in [-0.2, -0.15) is 0 Å². The second-order valence-electron chi connectivity index (χ2n) is 2.91. The van der Waals surface area contributed by atoms with E-state index < -0.39 is 0 Å². The Hall–Kier alpha value is -0.370. The van der Waals surface area contributed by atoms with Crippen molar-refractivity contribution in [3.8, 4) is 0 Å². The molecule has 11 heavy (non-hydrogen) atoms. The van der Waals surface area contributed by atoms with Crippen LogP contribution < -0.4 is 0 Å². The minimum absolute atomic E-state index is 0.462. The zero-order valence-electron chi connectivity index (χ0n) is 8.01. The molecule has 0 heterocycles. The van der Waals surface area contributed by atoms with Crippen molar-refractivity contribution in [2.75, 3.05) is 0 Å². The van der Waals surface area contributed by atoms with E-state index in [0.29, 0.717) is 6.04 Å². The topological polar surface area (TPSA) is 3.24 Å². The van der Waals surface area contributed by atoms with E-state index in [-0.39, 0.29) is 0 Å². The largest absolute Gasteiger partial charge is 0.338 e. The van der Waals surface area contributed by atoms with Crippen LogP contribution in [0.15, 0.2) is 11.8 Å². The molecule has 0 aliphatic carbocycles. The molecular formula is C9H17NS. The van der Waals surface area contributed by atoms with Crippen molar-refractivity contribution in [2.45, 2.75) is 40.7 Å². The van der Waals surface area contributed by atoms with Gasteiger partial charge in [0, 0.05) is 11.7 Å². The predicted molar refractivity (Wildman–Crippen MR) is 54.7 cm³/mol. The summed E-state index contributed by atoms with van der Waals surface area (Å²) in [5.41, 5.74) is 1.23. The summed E-state index contributed by atoms with van der Waals surface area (Å²) in [6.07, 6.45) is 2.08. The molecule has 0 saturated carbocycles. The van der Waals surface area contributed by atoms with Crippen LogP contribution in [0.4, 0.5) is 0 Å². The summed E-state index contributed by atoms with van der Waals surface area (Å²) in [6.45, 7) is 10.4. The summed E-state index contributed by atoms with van der Waals surface area (Å²) in [4.78, 5) is 3.09. The molecule has 0 radical (unpaired) electrons. The van der Waals surface area contributed by atoms with Crippen molar-refractivity contribution in [1.82, 2.24) is 4.90 Å². The Kier molecular flexibility index (Phi) is 4.34. The van der Waals surface area contributed by atoms with Crippen LogP contribution >= 0.6 is 12.2 Å². The van der Waals surface area contributed by atoms with Gasteiger partial charge in [-0.05, 0) is 34.6 Å². The minimum atomic E-state index is 0.462. The Morgan fingerprint density at radius 3 is 1.91 bits per heavy atom. The summed E-state index contributed by atoms with van der Waals surface area (Å²) < 4.78 is 0. The summed E-state index contributed by atoms with van der Waals surface area (Å²) >= 11 is 5.12. The maximum absolute atomic E-state index is 5.12. The standard InChI is InChI=1S/C9H17NS/c1-6-8(4)10(7(2)3)9(5)11/h6-7H,1-5H3/b8-6-. The van der Waals surface area contributed by atoms with Crippen molar-refractivity contribution in [3.63, 3.8) is 0 Å². The first-order valence-corrected chi connectivity index (χ1v) is 4.34. The molecule has 0 atom stereocenters. The third-order valence-corrected chi connectivity index (χ3v) is 1.85. The lowest BCUT2D eigenvalue weighted by molar-refractivity contribution is 0.430. The first-order valence-electron chi connectivity index (χ1n) is 3.93. The van der Waals surface area contributed by atoms with E-state index in [0.717, 1.165) is 4.99 Å². The van der Waals surface area contributed by atoms with E-state index in [1.165, 1.54) is 5.70 Å². The van der Waals surface area contributed by atoms with Gasteiger partial charge in [0.05, 0.1) is 4.99 Å². The van der Waals surface area contributed by atoms with Crippen LogP contribution in [-0.4, -0.2) is 15.9 Å². The van der Waals surface area contributed by atoms with Crippen molar-refractivity contribution in [1.29, 1.82) is 0 Å². The fraction of sp³-hybridized carbons (Fsp3) is 0.667. The van der Waals surface area contributed by atoms with Crippen LogP contribution in [-0.2, 0) is 0 Å². The molecule has 0 spiro atoms. The number of hydrogen-bond acceptors (Lipinski definition) is 1. The van der Waals surface area contributed by atoms with Crippen LogP contribution in [0, 0.1) is 0 Å². The molecule has 0 aromatic rings. The Bertz CT molecular complexity index is 170. The number of hydrogen-bond donors (Lipinski definition) is 0. The SMILES string of the molecule is C/C=C(/C)N(C(C)=S)C(C)C. The Morgan fingerprint density at radius 1 is 1.36 bits per heavy atom. The molecule has 0 fully saturated rings. The van der Waals surface area contributed by atoms with E-state index in [4.69, 9.17) is 12.2 Å². The average molecular weight is 171 g/mol. The third kappa shape index (κ3) is 3.02. The minimum Gasteiger partial charge on any atom is -0.338 e. The maximum atomic E-state index is 5.12. The van der Waals surface area contributed by atoms with Gasteiger partial charge in [0.2, 0.25) is 0 Å². The second-order valence-corrected chi connectivity index (χ2v) is 3.50. The molecule has 1 nitrogen and oxygen atoms in total. The molecular weight excluding hydrogens is 154 g/mol. The zero-order valence-corrected chi connectivity index (χ0v) is 8.83. The number of allylic oxidation sites excluding steroid dienone is 2. The molecule has 0 aliphatic heterocycles. The average Bonchev–Trinajstić information content (AvgIpc) is 1.85. The van der Waals surface area contributed by atoms with Crippen LogP contribution in [0.25, 0.3) is 0 Å². The van der Waals surface area contributed by atoms with Crippen LogP contribution in [0.1, 0.15) is 34.6 Å². The van der Waals surface area contributed by atoms with E-state index in [1.54, 1.807) is 0 Å². The molecule has 0 amide bonds. The summed E-state index contributed by atoms with van der Waals surface area (Å²) in [5.74, 6) is 0. The third-order valence-electron chi connectivity index (χ3n) is 1.65. The van der Waals surface area contributed by atoms with Crippen molar-refractivity contribution in [2.24, 2.45) is 0 Å². The van der Waals surface area contributed by atoms with Crippen molar-refractivity contribution in [3.05, 3.63) is 11.8 Å². The number of rotatable bonds is 2. The highest BCUT2D eigenvalue weighted by Gasteiger charge is 2.09. The van der Waals surface area contributed by atoms with Crippen molar-refractivity contribution < 1.29 is 0 Å². The van der Waals surface area contributed by atoms with Gasteiger partial charge in [-0.15, -0.1) is 0 Å². The Morgan fingerprint density at radius 2 is 1.82 bits per heavy atom. The highest BCUT2D eigenvalue weighted by Crippen LogP contribution is 2.09. The second kappa shape index (κ2) is 4.50. The number of nitrogens with zero attached hydrogens (tertiary/aromatic N) is 1. The summed E-state index contributed by atoms with van der Waals surface area (Å²) in [7, 11) is 0. The molecule has 64 valence electrons. The van der Waals surface area contributed by atoms with Gasteiger partial charge in [-0.1, -0.05) is 18.3 Å². The van der Waals surface area contributed by atoms with Gasteiger partial charge < -0.3 is 4.90 Å². The fourth-order valence-corrected chi connectivity index (χ4v) is 1.51. The molecule has 0 aromatic heterocycles. The quantitative estimate of drug-likeness (QED) is 0.588. The molecule has 0 rings (SSSR count). The molecule has 0 bridgehead atoms. The summed E-state index contributed by atoms with van der Waals surface area (Å²) in [5, 5.41) is 0. The first-order chi connectivity index (χ1) is 5.00. The van der Waals surface area contributed by atoms with Crippen molar-refractivity contribution >= 4 is 17.2 Å². The molecule has 0 unspecified atom stereocenters. The smallest absolute Gasteiger partial charge is 0.0791 e. The van der Waals surface area contributed by atoms with Crippen LogP contribution in [0.2, 0.25) is 0 Å². The normalized spacial score (nSPS) is 12.0. The highest BCUT2D eigenvalue weighted by atomic mass is 32.1. The molecule has 0 saturated heterocycles. The maximum Gasteiger partial charge on any atom is 0.0791 e. The Balaban J connectivity index is 4.48. The van der Waals surface area contributed by atoms with E-state index in [1.807, 2.05) is 13.8 Å². The van der Waals surface area contributed by atoms with E-state index >= 15 is 0 Å². The molecule has 0 aliphatic rings. The molecule has 0 N–H and O–H groups in total.